The van der Waals surface area contributed by atoms with Crippen LogP contribution >= 0.6 is 0 Å². The van der Waals surface area contributed by atoms with Crippen LogP contribution in [0.1, 0.15) is 28.9 Å². The summed E-state index contributed by atoms with van der Waals surface area (Å²) in [7, 11) is 0. The number of likely N-dealkylation sites (tertiary alicyclic amines) is 1. The van der Waals surface area contributed by atoms with E-state index in [9.17, 15) is 14.9 Å². The molecule has 1 aromatic carbocycles. The SMILES string of the molecule is O=C(NCCN1CCCC1)c1cc2occc2n1Cc1cccc([N+](=O)[O-])c1. The van der Waals surface area contributed by atoms with Crippen molar-refractivity contribution in [2.75, 3.05) is 26.2 Å². The number of benzene rings is 1. The molecule has 3 aromatic rings. The van der Waals surface area contributed by atoms with Gasteiger partial charge in [-0.2, -0.15) is 0 Å². The molecule has 0 radical (unpaired) electrons. The minimum atomic E-state index is -0.418. The molecule has 0 atom stereocenters. The van der Waals surface area contributed by atoms with Crippen molar-refractivity contribution >= 4 is 22.7 Å². The first kappa shape index (κ1) is 18.2. The largest absolute Gasteiger partial charge is 0.463 e. The maximum absolute atomic E-state index is 12.8. The van der Waals surface area contributed by atoms with Gasteiger partial charge in [-0.15, -0.1) is 0 Å². The summed E-state index contributed by atoms with van der Waals surface area (Å²) in [5.41, 5.74) is 2.68. The Morgan fingerprint density at radius 3 is 2.82 bits per heavy atom. The second-order valence-electron chi connectivity index (χ2n) is 7.02. The van der Waals surface area contributed by atoms with Crippen LogP contribution in [0.25, 0.3) is 11.1 Å². The number of rotatable bonds is 7. The Kier molecular flexibility index (Phi) is 5.12. The highest BCUT2D eigenvalue weighted by Gasteiger charge is 2.19. The minimum Gasteiger partial charge on any atom is -0.463 e. The van der Waals surface area contributed by atoms with Crippen LogP contribution in [0, 0.1) is 10.1 Å². The molecule has 2 aromatic heterocycles. The summed E-state index contributed by atoms with van der Waals surface area (Å²) in [6.45, 7) is 3.95. The molecule has 0 spiro atoms. The second-order valence-corrected chi connectivity index (χ2v) is 7.02. The lowest BCUT2D eigenvalue weighted by Crippen LogP contribution is -2.34. The van der Waals surface area contributed by atoms with E-state index in [0.717, 1.165) is 30.7 Å². The van der Waals surface area contributed by atoms with Crippen LogP contribution in [-0.2, 0) is 6.54 Å². The van der Waals surface area contributed by atoms with Crippen molar-refractivity contribution in [1.29, 1.82) is 0 Å². The highest BCUT2D eigenvalue weighted by Crippen LogP contribution is 2.23. The third-order valence-electron chi connectivity index (χ3n) is 5.13. The highest BCUT2D eigenvalue weighted by molar-refractivity contribution is 5.97. The molecular formula is C20H22N4O4. The van der Waals surface area contributed by atoms with Crippen LogP contribution in [0.15, 0.2) is 47.1 Å². The fourth-order valence-corrected chi connectivity index (χ4v) is 3.71. The first-order chi connectivity index (χ1) is 13.6. The zero-order chi connectivity index (χ0) is 19.5. The van der Waals surface area contributed by atoms with Crippen molar-refractivity contribution in [3.05, 3.63) is 64.0 Å². The van der Waals surface area contributed by atoms with E-state index in [1.165, 1.54) is 25.0 Å². The summed E-state index contributed by atoms with van der Waals surface area (Å²) in [6.07, 6.45) is 4.01. The Morgan fingerprint density at radius 2 is 2.04 bits per heavy atom. The maximum atomic E-state index is 12.8. The summed E-state index contributed by atoms with van der Waals surface area (Å²) in [4.78, 5) is 25.7. The number of non-ortho nitro benzene ring substituents is 1. The Morgan fingerprint density at radius 1 is 1.21 bits per heavy atom. The van der Waals surface area contributed by atoms with Gasteiger partial charge in [0.2, 0.25) is 0 Å². The number of hydrogen-bond acceptors (Lipinski definition) is 5. The van der Waals surface area contributed by atoms with Crippen LogP contribution in [0.2, 0.25) is 0 Å². The smallest absolute Gasteiger partial charge is 0.269 e. The number of fused-ring (bicyclic) bond motifs is 1. The average Bonchev–Trinajstić information content (AvgIpc) is 3.41. The summed E-state index contributed by atoms with van der Waals surface area (Å²) in [6, 6.07) is 9.97. The normalized spacial score (nSPS) is 14.6. The Hall–Kier alpha value is -3.13. The van der Waals surface area contributed by atoms with Gasteiger partial charge in [-0.05, 0) is 31.5 Å². The van der Waals surface area contributed by atoms with Crippen LogP contribution in [0.4, 0.5) is 5.69 Å². The molecule has 1 amide bonds. The lowest BCUT2D eigenvalue weighted by atomic mass is 10.2. The van der Waals surface area contributed by atoms with Gasteiger partial charge in [0.05, 0.1) is 16.7 Å². The Balaban J connectivity index is 1.53. The lowest BCUT2D eigenvalue weighted by molar-refractivity contribution is -0.384. The topological polar surface area (TPSA) is 93.6 Å². The standard InChI is InChI=1S/C20H22N4O4/c25-20(21-7-10-22-8-1-2-9-22)18-13-19-17(6-11-28-19)23(18)14-15-4-3-5-16(12-15)24(26)27/h3-6,11-13H,1-2,7-10,14H2,(H,21,25). The van der Waals surface area contributed by atoms with Crippen LogP contribution in [0.5, 0.6) is 0 Å². The van der Waals surface area contributed by atoms with Gasteiger partial charge < -0.3 is 19.2 Å². The third kappa shape index (κ3) is 3.77. The molecule has 4 rings (SSSR count). The van der Waals surface area contributed by atoms with Gasteiger partial charge in [-0.1, -0.05) is 12.1 Å². The number of nitrogens with zero attached hydrogens (tertiary/aromatic N) is 3. The molecule has 0 aliphatic carbocycles. The number of nitro benzene ring substituents is 1. The van der Waals surface area contributed by atoms with E-state index in [-0.39, 0.29) is 11.6 Å². The third-order valence-corrected chi connectivity index (χ3v) is 5.13. The van der Waals surface area contributed by atoms with Gasteiger partial charge in [0.25, 0.3) is 11.6 Å². The fourth-order valence-electron chi connectivity index (χ4n) is 3.71. The second kappa shape index (κ2) is 7.85. The molecule has 1 aliphatic heterocycles. The number of nitrogens with one attached hydrogen (secondary N) is 1. The number of carbonyl (C=O) groups excluding carboxylic acids is 1. The van der Waals surface area contributed by atoms with E-state index in [4.69, 9.17) is 4.42 Å². The van der Waals surface area contributed by atoms with Crippen molar-refractivity contribution in [2.45, 2.75) is 19.4 Å². The van der Waals surface area contributed by atoms with Crippen molar-refractivity contribution in [2.24, 2.45) is 0 Å². The average molecular weight is 382 g/mol. The lowest BCUT2D eigenvalue weighted by Gasteiger charge is -2.15. The van der Waals surface area contributed by atoms with Gasteiger partial charge in [0.1, 0.15) is 5.69 Å². The monoisotopic (exact) mass is 382 g/mol. The predicted molar refractivity (Wildman–Crippen MR) is 104 cm³/mol. The minimum absolute atomic E-state index is 0.0321. The molecule has 1 saturated heterocycles. The number of amides is 1. The fraction of sp³-hybridized carbons (Fsp3) is 0.350. The van der Waals surface area contributed by atoms with Crippen molar-refractivity contribution in [3.63, 3.8) is 0 Å². The van der Waals surface area contributed by atoms with Gasteiger partial charge in [-0.3, -0.25) is 14.9 Å². The van der Waals surface area contributed by atoms with Crippen LogP contribution in [0.3, 0.4) is 0 Å². The number of nitro groups is 1. The zero-order valence-corrected chi connectivity index (χ0v) is 15.5. The highest BCUT2D eigenvalue weighted by atomic mass is 16.6. The number of aromatic nitrogens is 1. The molecule has 1 N–H and O–H groups in total. The zero-order valence-electron chi connectivity index (χ0n) is 15.5. The molecule has 3 heterocycles. The molecule has 0 bridgehead atoms. The first-order valence-electron chi connectivity index (χ1n) is 9.42. The van der Waals surface area contributed by atoms with Crippen molar-refractivity contribution in [3.8, 4) is 0 Å². The van der Waals surface area contributed by atoms with E-state index in [2.05, 4.69) is 10.2 Å². The van der Waals surface area contributed by atoms with Crippen LogP contribution < -0.4 is 5.32 Å². The van der Waals surface area contributed by atoms with Gasteiger partial charge in [0.15, 0.2) is 5.58 Å². The molecule has 1 aliphatic rings. The van der Waals surface area contributed by atoms with Crippen molar-refractivity contribution < 1.29 is 14.1 Å². The number of hydrogen-bond donors (Lipinski definition) is 1. The quantitative estimate of drug-likeness (QED) is 0.501. The van der Waals surface area contributed by atoms with Gasteiger partial charge >= 0.3 is 0 Å². The van der Waals surface area contributed by atoms with E-state index in [0.29, 0.717) is 24.4 Å². The van der Waals surface area contributed by atoms with E-state index in [1.54, 1.807) is 24.5 Å². The molecule has 28 heavy (non-hydrogen) atoms. The molecule has 8 heteroatoms. The molecule has 146 valence electrons. The summed E-state index contributed by atoms with van der Waals surface area (Å²) < 4.78 is 7.29. The van der Waals surface area contributed by atoms with Gasteiger partial charge in [-0.25, -0.2) is 0 Å². The molecular weight excluding hydrogens is 360 g/mol. The van der Waals surface area contributed by atoms with E-state index < -0.39 is 4.92 Å². The van der Waals surface area contributed by atoms with E-state index in [1.807, 2.05) is 10.6 Å². The first-order valence-corrected chi connectivity index (χ1v) is 9.42. The van der Waals surface area contributed by atoms with E-state index >= 15 is 0 Å². The maximum Gasteiger partial charge on any atom is 0.269 e. The predicted octanol–water partition coefficient (Wildman–Crippen LogP) is 3.02. The van der Waals surface area contributed by atoms with Crippen molar-refractivity contribution in [1.82, 2.24) is 14.8 Å². The number of carbonyl (C=O) groups is 1. The molecule has 0 unspecified atom stereocenters. The molecule has 8 nitrogen and oxygen atoms in total. The number of furan rings is 1. The summed E-state index contributed by atoms with van der Waals surface area (Å²) >= 11 is 0. The molecule has 0 saturated carbocycles. The van der Waals surface area contributed by atoms with Crippen LogP contribution in [-0.4, -0.2) is 46.5 Å². The summed E-state index contributed by atoms with van der Waals surface area (Å²) in [5.74, 6) is -0.170. The molecule has 1 fully saturated rings. The Labute approximate surface area is 161 Å². The van der Waals surface area contributed by atoms with Gasteiger partial charge in [0, 0.05) is 43.9 Å². The Bertz CT molecular complexity index is 1000. The summed E-state index contributed by atoms with van der Waals surface area (Å²) in [5, 5.41) is 14.0.